The summed E-state index contributed by atoms with van der Waals surface area (Å²) >= 11 is 0. The van der Waals surface area contributed by atoms with Crippen LogP contribution in [0.3, 0.4) is 0 Å². The molecule has 0 unspecified atom stereocenters. The van der Waals surface area contributed by atoms with Crippen molar-refractivity contribution in [3.05, 3.63) is 63.7 Å². The Hall–Kier alpha value is -2.02. The number of phenols is 1. The summed E-state index contributed by atoms with van der Waals surface area (Å²) in [5.74, 6) is 0.786. The number of aromatic amines is 1. The Bertz CT molecular complexity index is 978. The Balaban J connectivity index is 0.00000261. The third-order valence-corrected chi connectivity index (χ3v) is 4.49. The Kier molecular flexibility index (Phi) is 6.92. The molecule has 3 aromatic rings. The molecule has 7 heteroatoms. The fourth-order valence-electron chi connectivity index (χ4n) is 3.03. The van der Waals surface area contributed by atoms with Gasteiger partial charge >= 0.3 is 29.6 Å². The van der Waals surface area contributed by atoms with Crippen molar-refractivity contribution < 1.29 is 44.3 Å². The van der Waals surface area contributed by atoms with Crippen LogP contribution in [0.2, 0.25) is 0 Å². The molecule has 3 N–H and O–H groups in total. The quantitative estimate of drug-likeness (QED) is 0.574. The maximum absolute atomic E-state index is 11.2. The molecule has 2 heterocycles. The number of nitrogens with zero attached hydrogens (tertiary/aromatic N) is 1. The van der Waals surface area contributed by atoms with Gasteiger partial charge in [-0.1, -0.05) is 26.8 Å². The van der Waals surface area contributed by atoms with Crippen LogP contribution in [0.4, 0.5) is 0 Å². The van der Waals surface area contributed by atoms with Gasteiger partial charge in [0.1, 0.15) is 11.5 Å². The van der Waals surface area contributed by atoms with Crippen LogP contribution in [-0.2, 0) is 6.42 Å². The molecule has 0 aliphatic carbocycles. The molecule has 136 valence electrons. The second-order valence-corrected chi connectivity index (χ2v) is 6.82. The van der Waals surface area contributed by atoms with E-state index in [2.05, 4.69) is 10.1 Å². The number of pyridine rings is 1. The molecule has 0 aliphatic rings. The van der Waals surface area contributed by atoms with Gasteiger partial charge in [0, 0.05) is 6.20 Å². The van der Waals surface area contributed by atoms with Crippen molar-refractivity contribution in [2.75, 3.05) is 0 Å². The molecule has 27 heavy (non-hydrogen) atoms. The van der Waals surface area contributed by atoms with Gasteiger partial charge < -0.3 is 14.7 Å². The van der Waals surface area contributed by atoms with Crippen LogP contribution in [0, 0.1) is 0 Å². The first-order valence-corrected chi connectivity index (χ1v) is 8.55. The summed E-state index contributed by atoms with van der Waals surface area (Å²) in [5.41, 5.74) is 2.54. The molecule has 1 atom stereocenters. The zero-order valence-corrected chi connectivity index (χ0v) is 18.0. The summed E-state index contributed by atoms with van der Waals surface area (Å²) in [5, 5.41) is 23.0. The van der Waals surface area contributed by atoms with E-state index in [0.717, 1.165) is 11.1 Å². The summed E-state index contributed by atoms with van der Waals surface area (Å²) in [6, 6.07) is 8.38. The van der Waals surface area contributed by atoms with Gasteiger partial charge in [0.05, 0.1) is 17.3 Å². The first kappa shape index (κ1) is 21.3. The number of hydrogen-bond acceptors (Lipinski definition) is 5. The molecule has 0 spiro atoms. The molecule has 0 fully saturated rings. The van der Waals surface area contributed by atoms with Crippen LogP contribution in [-0.4, -0.2) is 20.4 Å². The molecule has 0 radical (unpaired) electrons. The number of H-pyrrole nitrogens is 1. The van der Waals surface area contributed by atoms with Crippen molar-refractivity contribution in [2.45, 2.75) is 39.0 Å². The van der Waals surface area contributed by atoms with E-state index in [1.807, 2.05) is 32.9 Å². The molecule has 3 rings (SSSR count). The zero-order chi connectivity index (χ0) is 18.8. The minimum Gasteiger partial charge on any atom is -0.507 e. The molecule has 0 amide bonds. The number of hydrogen-bond donors (Lipinski definition) is 3. The SMILES string of the molecule is CC(C)c1nccc(C[C@@H](C)c2ccc(-c3cc(=O)[nH]o3)c(O)c2)c1O.[Na+]. The number of phenolic OH excluding ortho intramolecular Hbond substituents is 1. The normalized spacial score (nSPS) is 12.0. The number of rotatable bonds is 5. The van der Waals surface area contributed by atoms with E-state index >= 15 is 0 Å². The third kappa shape index (κ3) is 4.64. The largest absolute Gasteiger partial charge is 1.00 e. The van der Waals surface area contributed by atoms with Crippen molar-refractivity contribution in [2.24, 2.45) is 0 Å². The van der Waals surface area contributed by atoms with Crippen molar-refractivity contribution >= 4 is 0 Å². The Labute approximate surface area is 179 Å². The number of aromatic nitrogens is 2. The summed E-state index contributed by atoms with van der Waals surface area (Å²) < 4.78 is 5.04. The maximum Gasteiger partial charge on any atom is 1.00 e. The second-order valence-electron chi connectivity index (χ2n) is 6.82. The summed E-state index contributed by atoms with van der Waals surface area (Å²) in [4.78, 5) is 15.5. The van der Waals surface area contributed by atoms with Crippen molar-refractivity contribution in [3.63, 3.8) is 0 Å². The fraction of sp³-hybridized carbons (Fsp3) is 0.300. The minimum absolute atomic E-state index is 0. The monoisotopic (exact) mass is 377 g/mol. The smallest absolute Gasteiger partial charge is 0.507 e. The van der Waals surface area contributed by atoms with Gasteiger partial charge in [0.2, 0.25) is 0 Å². The number of aromatic hydroxyl groups is 2. The predicted molar refractivity (Wildman–Crippen MR) is 98.5 cm³/mol. The summed E-state index contributed by atoms with van der Waals surface area (Å²) in [7, 11) is 0. The van der Waals surface area contributed by atoms with E-state index < -0.39 is 0 Å². The fourth-order valence-corrected chi connectivity index (χ4v) is 3.03. The maximum atomic E-state index is 11.2. The van der Waals surface area contributed by atoms with Crippen molar-refractivity contribution in [1.29, 1.82) is 0 Å². The van der Waals surface area contributed by atoms with E-state index in [0.29, 0.717) is 23.4 Å². The molecule has 6 nitrogen and oxygen atoms in total. The minimum atomic E-state index is -0.356. The van der Waals surface area contributed by atoms with E-state index in [-0.39, 0.29) is 58.5 Å². The molecule has 1 aromatic carbocycles. The van der Waals surface area contributed by atoms with Crippen molar-refractivity contribution in [3.8, 4) is 22.8 Å². The van der Waals surface area contributed by atoms with Gasteiger partial charge in [0.25, 0.3) is 5.56 Å². The average Bonchev–Trinajstić information content (AvgIpc) is 3.02. The molecule has 0 saturated heterocycles. The van der Waals surface area contributed by atoms with Gasteiger partial charge in [0.15, 0.2) is 5.76 Å². The van der Waals surface area contributed by atoms with Crippen LogP contribution in [0.15, 0.2) is 45.8 Å². The molecular weight excluding hydrogens is 355 g/mol. The number of nitrogens with one attached hydrogen (secondary N) is 1. The standard InChI is InChI=1S/C20H22N2O4.Na/c1-11(2)19-20(25)14(6-7-21-19)8-12(3)13-4-5-15(16(23)9-13)17-10-18(24)22-26-17;/h4-7,9-12,23,25H,8H2,1-3H3,(H,22,24);/q;+1/t12-;/m1./s1. The van der Waals surface area contributed by atoms with Crippen LogP contribution >= 0.6 is 0 Å². The Morgan fingerprint density at radius 1 is 1.15 bits per heavy atom. The Morgan fingerprint density at radius 3 is 2.48 bits per heavy atom. The van der Waals surface area contributed by atoms with E-state index in [9.17, 15) is 15.0 Å². The zero-order valence-electron chi connectivity index (χ0n) is 16.0. The van der Waals surface area contributed by atoms with E-state index in [1.165, 1.54) is 6.07 Å². The summed E-state index contributed by atoms with van der Waals surface area (Å²) in [6.07, 6.45) is 2.33. The molecule has 0 saturated carbocycles. The predicted octanol–water partition coefficient (Wildman–Crippen LogP) is 0.915. The molecule has 0 aliphatic heterocycles. The molecule has 2 aromatic heterocycles. The van der Waals surface area contributed by atoms with E-state index in [1.54, 1.807) is 18.3 Å². The second kappa shape index (κ2) is 8.78. The van der Waals surface area contributed by atoms with Gasteiger partial charge in [-0.05, 0) is 47.6 Å². The number of benzene rings is 1. The molecular formula is C20H22N2NaO4+. The van der Waals surface area contributed by atoms with Crippen LogP contribution in [0.5, 0.6) is 11.5 Å². The van der Waals surface area contributed by atoms with E-state index in [4.69, 9.17) is 4.52 Å². The van der Waals surface area contributed by atoms with Gasteiger partial charge in [-0.3, -0.25) is 9.78 Å². The van der Waals surface area contributed by atoms with Crippen LogP contribution < -0.4 is 35.1 Å². The van der Waals surface area contributed by atoms with Crippen molar-refractivity contribution in [1.82, 2.24) is 10.1 Å². The molecule has 0 bridgehead atoms. The van der Waals surface area contributed by atoms with Gasteiger partial charge in [-0.25, -0.2) is 0 Å². The average molecular weight is 377 g/mol. The van der Waals surface area contributed by atoms with Crippen LogP contribution in [0.1, 0.15) is 49.4 Å². The summed E-state index contributed by atoms with van der Waals surface area (Å²) in [6.45, 7) is 6.01. The van der Waals surface area contributed by atoms with Gasteiger partial charge in [-0.15, -0.1) is 0 Å². The topological polar surface area (TPSA) is 99.4 Å². The first-order valence-electron chi connectivity index (χ1n) is 8.55. The van der Waals surface area contributed by atoms with Crippen LogP contribution in [0.25, 0.3) is 11.3 Å². The third-order valence-electron chi connectivity index (χ3n) is 4.49. The first-order chi connectivity index (χ1) is 12.4. The van der Waals surface area contributed by atoms with Gasteiger partial charge in [-0.2, -0.15) is 5.16 Å². The Morgan fingerprint density at radius 2 is 1.89 bits per heavy atom.